The summed E-state index contributed by atoms with van der Waals surface area (Å²) in [4.78, 5) is 36.0. The first kappa shape index (κ1) is 18.4. The number of ether oxygens (including phenoxy) is 2. The Labute approximate surface area is 146 Å². The van der Waals surface area contributed by atoms with E-state index in [2.05, 4.69) is 10.1 Å². The first-order valence-electron chi connectivity index (χ1n) is 7.91. The van der Waals surface area contributed by atoms with Gasteiger partial charge in [0.25, 0.3) is 5.91 Å². The van der Waals surface area contributed by atoms with E-state index in [4.69, 9.17) is 4.74 Å². The molecule has 0 fully saturated rings. The highest BCUT2D eigenvalue weighted by molar-refractivity contribution is 6.00. The van der Waals surface area contributed by atoms with E-state index in [1.54, 1.807) is 19.1 Å². The lowest BCUT2D eigenvalue weighted by atomic mass is 10.0. The molecule has 2 aromatic rings. The summed E-state index contributed by atoms with van der Waals surface area (Å²) in [5.41, 5.74) is 0.429. The van der Waals surface area contributed by atoms with Crippen molar-refractivity contribution in [2.24, 2.45) is 5.92 Å². The lowest BCUT2D eigenvalue weighted by Gasteiger charge is -2.19. The lowest BCUT2D eigenvalue weighted by molar-refractivity contribution is -0.147. The van der Waals surface area contributed by atoms with Gasteiger partial charge in [-0.25, -0.2) is 4.79 Å². The van der Waals surface area contributed by atoms with Gasteiger partial charge in [-0.1, -0.05) is 37.3 Å². The molecule has 2 atom stereocenters. The molecule has 0 saturated heterocycles. The molecule has 25 heavy (non-hydrogen) atoms. The molecule has 0 aliphatic heterocycles. The van der Waals surface area contributed by atoms with Gasteiger partial charge in [0.2, 0.25) is 0 Å². The number of hydrogen-bond donors (Lipinski definition) is 1. The van der Waals surface area contributed by atoms with Crippen LogP contribution in [0.1, 0.15) is 23.7 Å². The second-order valence-corrected chi connectivity index (χ2v) is 5.77. The predicted molar refractivity (Wildman–Crippen MR) is 93.0 cm³/mol. The quantitative estimate of drug-likeness (QED) is 0.814. The number of nitrogens with one attached hydrogen (secondary N) is 1. The van der Waals surface area contributed by atoms with Crippen LogP contribution in [0.15, 0.2) is 42.5 Å². The normalized spacial score (nSPS) is 12.9. The number of methoxy groups -OCH3 is 2. The number of benzene rings is 2. The molecule has 0 aromatic heterocycles. The largest absolute Gasteiger partial charge is 0.469 e. The van der Waals surface area contributed by atoms with Crippen LogP contribution >= 0.6 is 0 Å². The van der Waals surface area contributed by atoms with Crippen molar-refractivity contribution in [1.82, 2.24) is 5.32 Å². The molecule has 2 rings (SSSR count). The number of carbonyl (C=O) groups is 3. The molecule has 0 bridgehead atoms. The molecule has 132 valence electrons. The molecule has 0 aliphatic rings. The minimum atomic E-state index is -0.932. The SMILES string of the molecule is COC(=O)[C@H](C)C[C@@H](NC(=O)c1ccc2ccccc2c1)C(=O)OC. The summed E-state index contributed by atoms with van der Waals surface area (Å²) in [6, 6.07) is 12.0. The molecular formula is C19H21NO5. The summed E-state index contributed by atoms with van der Waals surface area (Å²) in [5, 5.41) is 4.58. The Balaban J connectivity index is 2.17. The number of amides is 1. The van der Waals surface area contributed by atoms with Crippen molar-refractivity contribution in [3.8, 4) is 0 Å². The Morgan fingerprint density at radius 1 is 0.960 bits per heavy atom. The molecule has 0 spiro atoms. The van der Waals surface area contributed by atoms with E-state index in [-0.39, 0.29) is 6.42 Å². The van der Waals surface area contributed by atoms with Crippen molar-refractivity contribution in [1.29, 1.82) is 0 Å². The first-order valence-corrected chi connectivity index (χ1v) is 7.91. The zero-order chi connectivity index (χ0) is 18.4. The van der Waals surface area contributed by atoms with Gasteiger partial charge in [-0.15, -0.1) is 0 Å². The van der Waals surface area contributed by atoms with Crippen LogP contribution in [0.5, 0.6) is 0 Å². The zero-order valence-electron chi connectivity index (χ0n) is 14.4. The van der Waals surface area contributed by atoms with Crippen LogP contribution in [0, 0.1) is 5.92 Å². The van der Waals surface area contributed by atoms with Gasteiger partial charge >= 0.3 is 11.9 Å². The van der Waals surface area contributed by atoms with Gasteiger partial charge in [-0.3, -0.25) is 9.59 Å². The van der Waals surface area contributed by atoms with Gasteiger partial charge in [0.15, 0.2) is 0 Å². The number of fused-ring (bicyclic) bond motifs is 1. The minimum absolute atomic E-state index is 0.0959. The van der Waals surface area contributed by atoms with E-state index >= 15 is 0 Å². The summed E-state index contributed by atoms with van der Waals surface area (Å²) in [5.74, 6) is -2.01. The maximum atomic E-state index is 12.5. The Morgan fingerprint density at radius 2 is 1.60 bits per heavy atom. The van der Waals surface area contributed by atoms with Gasteiger partial charge in [0.1, 0.15) is 6.04 Å². The molecule has 0 saturated carbocycles. The maximum absolute atomic E-state index is 12.5. The number of carbonyl (C=O) groups excluding carboxylic acids is 3. The van der Waals surface area contributed by atoms with E-state index in [1.807, 2.05) is 30.3 Å². The van der Waals surface area contributed by atoms with E-state index in [0.29, 0.717) is 5.56 Å². The molecule has 6 heteroatoms. The first-order chi connectivity index (χ1) is 12.0. The number of hydrogen-bond acceptors (Lipinski definition) is 5. The molecule has 2 aromatic carbocycles. The minimum Gasteiger partial charge on any atom is -0.469 e. The van der Waals surface area contributed by atoms with Crippen LogP contribution < -0.4 is 5.32 Å². The van der Waals surface area contributed by atoms with Crippen LogP contribution in [-0.4, -0.2) is 38.1 Å². The van der Waals surface area contributed by atoms with E-state index in [0.717, 1.165) is 10.8 Å². The Kier molecular flexibility index (Phi) is 6.11. The molecule has 1 amide bonds. The topological polar surface area (TPSA) is 81.7 Å². The molecule has 0 aliphatic carbocycles. The van der Waals surface area contributed by atoms with Crippen LogP contribution in [0.4, 0.5) is 0 Å². The van der Waals surface area contributed by atoms with Crippen molar-refractivity contribution in [3.05, 3.63) is 48.0 Å². The molecule has 0 unspecified atom stereocenters. The molecule has 0 radical (unpaired) electrons. The Hall–Kier alpha value is -2.89. The zero-order valence-corrected chi connectivity index (χ0v) is 14.4. The van der Waals surface area contributed by atoms with Crippen LogP contribution in [0.25, 0.3) is 10.8 Å². The number of rotatable bonds is 6. The maximum Gasteiger partial charge on any atom is 0.328 e. The second kappa shape index (κ2) is 8.28. The lowest BCUT2D eigenvalue weighted by Crippen LogP contribution is -2.43. The van der Waals surface area contributed by atoms with Gasteiger partial charge in [-0.05, 0) is 29.3 Å². The van der Waals surface area contributed by atoms with Gasteiger partial charge in [0, 0.05) is 5.56 Å². The third-order valence-electron chi connectivity index (χ3n) is 4.00. The van der Waals surface area contributed by atoms with Crippen molar-refractivity contribution in [3.63, 3.8) is 0 Å². The van der Waals surface area contributed by atoms with Crippen molar-refractivity contribution >= 4 is 28.6 Å². The third kappa shape index (κ3) is 4.56. The van der Waals surface area contributed by atoms with Gasteiger partial charge in [0.05, 0.1) is 20.1 Å². The highest BCUT2D eigenvalue weighted by atomic mass is 16.5. The van der Waals surface area contributed by atoms with Crippen molar-refractivity contribution in [2.75, 3.05) is 14.2 Å². The van der Waals surface area contributed by atoms with E-state index in [9.17, 15) is 14.4 Å². The highest BCUT2D eigenvalue weighted by Gasteiger charge is 2.27. The predicted octanol–water partition coefficient (Wildman–Crippen LogP) is 2.31. The van der Waals surface area contributed by atoms with Crippen LogP contribution in [-0.2, 0) is 19.1 Å². The van der Waals surface area contributed by atoms with E-state index < -0.39 is 29.8 Å². The molecular weight excluding hydrogens is 322 g/mol. The summed E-state index contributed by atoms with van der Waals surface area (Å²) < 4.78 is 9.39. The smallest absolute Gasteiger partial charge is 0.328 e. The summed E-state index contributed by atoms with van der Waals surface area (Å²) >= 11 is 0. The van der Waals surface area contributed by atoms with Crippen molar-refractivity contribution < 1.29 is 23.9 Å². The molecule has 1 N–H and O–H groups in total. The highest BCUT2D eigenvalue weighted by Crippen LogP contribution is 2.16. The fraction of sp³-hybridized carbons (Fsp3) is 0.316. The molecule has 0 heterocycles. The van der Waals surface area contributed by atoms with Gasteiger partial charge < -0.3 is 14.8 Å². The third-order valence-corrected chi connectivity index (χ3v) is 4.00. The van der Waals surface area contributed by atoms with Gasteiger partial charge in [-0.2, -0.15) is 0 Å². The number of esters is 2. The second-order valence-electron chi connectivity index (χ2n) is 5.77. The molecule has 6 nitrogen and oxygen atoms in total. The summed E-state index contributed by atoms with van der Waals surface area (Å²) in [6.45, 7) is 1.63. The fourth-order valence-corrected chi connectivity index (χ4v) is 2.58. The standard InChI is InChI=1S/C19H21NO5/c1-12(18(22)24-2)10-16(19(23)25-3)20-17(21)15-9-8-13-6-4-5-7-14(13)11-15/h4-9,11-12,16H,10H2,1-3H3,(H,20,21)/t12-,16-/m1/s1. The Bertz CT molecular complexity index is 786. The summed E-state index contributed by atoms with van der Waals surface area (Å²) in [6.07, 6.45) is 0.0959. The average Bonchev–Trinajstić information content (AvgIpc) is 2.65. The summed E-state index contributed by atoms with van der Waals surface area (Å²) in [7, 11) is 2.51. The Morgan fingerprint density at radius 3 is 2.24 bits per heavy atom. The fourth-order valence-electron chi connectivity index (χ4n) is 2.58. The monoisotopic (exact) mass is 343 g/mol. The average molecular weight is 343 g/mol. The van der Waals surface area contributed by atoms with E-state index in [1.165, 1.54) is 14.2 Å². The van der Waals surface area contributed by atoms with Crippen LogP contribution in [0.2, 0.25) is 0 Å². The van der Waals surface area contributed by atoms with Crippen LogP contribution in [0.3, 0.4) is 0 Å². The van der Waals surface area contributed by atoms with Crippen molar-refractivity contribution in [2.45, 2.75) is 19.4 Å².